The van der Waals surface area contributed by atoms with Crippen molar-refractivity contribution in [3.63, 3.8) is 0 Å². The maximum absolute atomic E-state index is 12.0. The van der Waals surface area contributed by atoms with Gasteiger partial charge < -0.3 is 10.6 Å². The number of thioether (sulfide) groups is 1. The van der Waals surface area contributed by atoms with Crippen LogP contribution in [-0.2, 0) is 4.79 Å². The van der Waals surface area contributed by atoms with Gasteiger partial charge in [0.2, 0.25) is 11.1 Å². The Morgan fingerprint density at radius 2 is 2.22 bits per heavy atom. The molecule has 3 N–H and O–H groups in total. The molecule has 0 spiro atoms. The molecule has 0 atom stereocenters. The zero-order valence-electron chi connectivity index (χ0n) is 12.6. The van der Waals surface area contributed by atoms with Gasteiger partial charge >= 0.3 is 0 Å². The van der Waals surface area contributed by atoms with Crippen molar-refractivity contribution in [3.05, 3.63) is 35.7 Å². The summed E-state index contributed by atoms with van der Waals surface area (Å²) in [7, 11) is 1.57. The van der Waals surface area contributed by atoms with Crippen LogP contribution in [0.3, 0.4) is 0 Å². The molecule has 0 saturated heterocycles. The molecular formula is C15H17N5O2S. The number of hydrogen-bond acceptors (Lipinski definition) is 5. The Balaban J connectivity index is 1.53. The molecule has 0 bridgehead atoms. The minimum absolute atomic E-state index is 0.165. The van der Waals surface area contributed by atoms with Crippen LogP contribution in [-0.4, -0.2) is 39.8 Å². The Labute approximate surface area is 137 Å². The third kappa shape index (κ3) is 4.10. The number of rotatable bonds is 6. The van der Waals surface area contributed by atoms with Gasteiger partial charge in [-0.25, -0.2) is 4.98 Å². The molecule has 1 aliphatic rings. The molecule has 23 heavy (non-hydrogen) atoms. The maximum atomic E-state index is 12.0. The van der Waals surface area contributed by atoms with Crippen LogP contribution in [0.5, 0.6) is 0 Å². The molecule has 1 aliphatic carbocycles. The van der Waals surface area contributed by atoms with E-state index in [1.54, 1.807) is 31.3 Å². The SMILES string of the molecule is CNC(=O)c1cccc(NC(=O)CSc2n[nH]c(C3CC3)n2)c1. The fraction of sp³-hybridized carbons (Fsp3) is 0.333. The van der Waals surface area contributed by atoms with Crippen LogP contribution in [0.25, 0.3) is 0 Å². The first-order valence-electron chi connectivity index (χ1n) is 7.33. The van der Waals surface area contributed by atoms with E-state index in [-0.39, 0.29) is 17.6 Å². The number of nitrogens with zero attached hydrogens (tertiary/aromatic N) is 2. The fourth-order valence-electron chi connectivity index (χ4n) is 2.07. The van der Waals surface area contributed by atoms with E-state index in [0.29, 0.717) is 22.3 Å². The lowest BCUT2D eigenvalue weighted by Crippen LogP contribution is -2.19. The number of aromatic nitrogens is 3. The maximum Gasteiger partial charge on any atom is 0.251 e. The van der Waals surface area contributed by atoms with E-state index in [0.717, 1.165) is 18.7 Å². The summed E-state index contributed by atoms with van der Waals surface area (Å²) in [6.07, 6.45) is 2.31. The van der Waals surface area contributed by atoms with Crippen molar-refractivity contribution in [3.8, 4) is 0 Å². The predicted molar refractivity (Wildman–Crippen MR) is 87.5 cm³/mol. The van der Waals surface area contributed by atoms with Crippen molar-refractivity contribution in [1.82, 2.24) is 20.5 Å². The summed E-state index contributed by atoms with van der Waals surface area (Å²) in [5.74, 6) is 1.28. The first-order valence-corrected chi connectivity index (χ1v) is 8.31. The second kappa shape index (κ2) is 6.82. The monoisotopic (exact) mass is 331 g/mol. The third-order valence-electron chi connectivity index (χ3n) is 3.41. The number of carbonyl (C=O) groups is 2. The second-order valence-electron chi connectivity index (χ2n) is 5.27. The zero-order valence-corrected chi connectivity index (χ0v) is 13.4. The van der Waals surface area contributed by atoms with Crippen LogP contribution in [0.1, 0.15) is 34.9 Å². The number of hydrogen-bond donors (Lipinski definition) is 3. The van der Waals surface area contributed by atoms with E-state index in [1.807, 2.05) is 0 Å². The second-order valence-corrected chi connectivity index (χ2v) is 6.22. The minimum atomic E-state index is -0.191. The number of nitrogens with one attached hydrogen (secondary N) is 3. The first-order chi connectivity index (χ1) is 11.2. The first kappa shape index (κ1) is 15.5. The number of H-pyrrole nitrogens is 1. The molecule has 0 aliphatic heterocycles. The molecule has 0 radical (unpaired) electrons. The van der Waals surface area contributed by atoms with Crippen LogP contribution in [0.15, 0.2) is 29.4 Å². The molecule has 1 aromatic carbocycles. The predicted octanol–water partition coefficient (Wildman–Crippen LogP) is 1.77. The van der Waals surface area contributed by atoms with Gasteiger partial charge in [-0.3, -0.25) is 14.7 Å². The molecule has 2 aromatic rings. The van der Waals surface area contributed by atoms with Gasteiger partial charge in [-0.1, -0.05) is 17.8 Å². The summed E-state index contributed by atoms with van der Waals surface area (Å²) < 4.78 is 0. The molecule has 7 nitrogen and oxygen atoms in total. The van der Waals surface area contributed by atoms with Gasteiger partial charge in [0.15, 0.2) is 0 Å². The zero-order chi connectivity index (χ0) is 16.2. The van der Waals surface area contributed by atoms with Crippen LogP contribution in [0, 0.1) is 0 Å². The highest BCUT2D eigenvalue weighted by Gasteiger charge is 2.27. The van der Waals surface area contributed by atoms with Gasteiger partial charge in [-0.05, 0) is 31.0 Å². The van der Waals surface area contributed by atoms with E-state index in [4.69, 9.17) is 0 Å². The average Bonchev–Trinajstić information content (AvgIpc) is 3.31. The topological polar surface area (TPSA) is 99.8 Å². The molecule has 0 unspecified atom stereocenters. The van der Waals surface area contributed by atoms with Crippen molar-refractivity contribution in [2.45, 2.75) is 23.9 Å². The lowest BCUT2D eigenvalue weighted by Gasteiger charge is -2.06. The van der Waals surface area contributed by atoms with Crippen LogP contribution in [0.4, 0.5) is 5.69 Å². The number of carbonyl (C=O) groups excluding carboxylic acids is 2. The highest BCUT2D eigenvalue weighted by atomic mass is 32.2. The Morgan fingerprint density at radius 1 is 1.39 bits per heavy atom. The molecule has 1 fully saturated rings. The van der Waals surface area contributed by atoms with Gasteiger partial charge in [0.1, 0.15) is 5.82 Å². The van der Waals surface area contributed by atoms with Crippen molar-refractivity contribution in [2.75, 3.05) is 18.1 Å². The van der Waals surface area contributed by atoms with E-state index >= 15 is 0 Å². The number of aromatic amines is 1. The van der Waals surface area contributed by atoms with Crippen LogP contribution < -0.4 is 10.6 Å². The third-order valence-corrected chi connectivity index (χ3v) is 4.26. The van der Waals surface area contributed by atoms with Gasteiger partial charge in [0.25, 0.3) is 5.91 Å². The van der Waals surface area contributed by atoms with E-state index in [2.05, 4.69) is 25.8 Å². The summed E-state index contributed by atoms with van der Waals surface area (Å²) in [6, 6.07) is 6.80. The van der Waals surface area contributed by atoms with Crippen molar-refractivity contribution in [1.29, 1.82) is 0 Å². The van der Waals surface area contributed by atoms with Gasteiger partial charge in [-0.2, -0.15) is 0 Å². The van der Waals surface area contributed by atoms with E-state index in [1.165, 1.54) is 11.8 Å². The summed E-state index contributed by atoms with van der Waals surface area (Å²) in [5, 5.41) is 12.9. The summed E-state index contributed by atoms with van der Waals surface area (Å²) in [4.78, 5) is 27.9. The van der Waals surface area contributed by atoms with Crippen molar-refractivity contribution in [2.24, 2.45) is 0 Å². The Kier molecular flexibility index (Phi) is 4.61. The summed E-state index contributed by atoms with van der Waals surface area (Å²) in [5.41, 5.74) is 1.09. The van der Waals surface area contributed by atoms with Crippen molar-refractivity contribution >= 4 is 29.3 Å². The smallest absolute Gasteiger partial charge is 0.251 e. The summed E-state index contributed by atoms with van der Waals surface area (Å²) >= 11 is 1.28. The van der Waals surface area contributed by atoms with E-state index < -0.39 is 0 Å². The standard InChI is InChI=1S/C15H17N5O2S/c1-16-14(22)10-3-2-4-11(7-10)17-12(21)8-23-15-18-13(19-20-15)9-5-6-9/h2-4,7,9H,5-6,8H2,1H3,(H,16,22)(H,17,21)(H,18,19,20). The number of anilines is 1. The molecule has 120 valence electrons. The van der Waals surface area contributed by atoms with Gasteiger partial charge in [-0.15, -0.1) is 5.10 Å². The molecule has 1 heterocycles. The Hall–Kier alpha value is -2.35. The highest BCUT2D eigenvalue weighted by molar-refractivity contribution is 7.99. The van der Waals surface area contributed by atoms with Crippen LogP contribution in [0.2, 0.25) is 0 Å². The molecule has 1 aromatic heterocycles. The average molecular weight is 331 g/mol. The molecule has 1 saturated carbocycles. The molecule has 2 amide bonds. The van der Waals surface area contributed by atoms with Crippen molar-refractivity contribution < 1.29 is 9.59 Å². The number of amides is 2. The Morgan fingerprint density at radius 3 is 2.96 bits per heavy atom. The minimum Gasteiger partial charge on any atom is -0.355 e. The molecule has 3 rings (SSSR count). The fourth-order valence-corrected chi connectivity index (χ4v) is 2.68. The largest absolute Gasteiger partial charge is 0.355 e. The molecule has 8 heteroatoms. The lowest BCUT2D eigenvalue weighted by molar-refractivity contribution is -0.113. The van der Waals surface area contributed by atoms with Gasteiger partial charge in [0, 0.05) is 24.2 Å². The quantitative estimate of drug-likeness (QED) is 0.701. The highest BCUT2D eigenvalue weighted by Crippen LogP contribution is 2.38. The normalized spacial score (nSPS) is 13.6. The lowest BCUT2D eigenvalue weighted by atomic mass is 10.2. The van der Waals surface area contributed by atoms with Crippen LogP contribution >= 0.6 is 11.8 Å². The number of benzene rings is 1. The van der Waals surface area contributed by atoms with Gasteiger partial charge in [0.05, 0.1) is 5.75 Å². The van der Waals surface area contributed by atoms with E-state index in [9.17, 15) is 9.59 Å². The Bertz CT molecular complexity index is 726. The summed E-state index contributed by atoms with van der Waals surface area (Å²) in [6.45, 7) is 0. The molecular weight excluding hydrogens is 314 g/mol.